The number of fused-ring (bicyclic) bond motifs is 1. The number of halogens is 1. The molecule has 2 aliphatic rings. The van der Waals surface area contributed by atoms with E-state index in [4.69, 9.17) is 31.4 Å². The average molecular weight is 999 g/mol. The van der Waals surface area contributed by atoms with E-state index in [2.05, 4.69) is 10.8 Å². The molecule has 70 heavy (non-hydrogen) atoms. The normalized spacial score (nSPS) is 14.9. The number of benzene rings is 6. The number of nitrogens with zero attached hydrogens (tertiary/aromatic N) is 3. The van der Waals surface area contributed by atoms with Gasteiger partial charge in [0, 0.05) is 38.9 Å². The Morgan fingerprint density at radius 3 is 1.64 bits per heavy atom. The van der Waals surface area contributed by atoms with Gasteiger partial charge in [-0.15, -0.1) is 11.3 Å². The van der Waals surface area contributed by atoms with Crippen molar-refractivity contribution in [1.29, 1.82) is 0 Å². The quantitative estimate of drug-likeness (QED) is 0.0451. The van der Waals surface area contributed by atoms with Gasteiger partial charge in [-0.3, -0.25) is 9.59 Å². The summed E-state index contributed by atoms with van der Waals surface area (Å²) in [5.74, 6) is -2.05. The van der Waals surface area contributed by atoms with Crippen LogP contribution in [0, 0.1) is 6.92 Å². The van der Waals surface area contributed by atoms with Crippen LogP contribution in [0.4, 0.5) is 5.13 Å². The van der Waals surface area contributed by atoms with Gasteiger partial charge in [-0.25, -0.2) is 9.78 Å². The number of hydrogen-bond acceptors (Lipinski definition) is 11. The van der Waals surface area contributed by atoms with Crippen molar-refractivity contribution in [3.05, 3.63) is 253 Å². The standard InChI is InChI=1S/C56H44ClN5O5S3/c1-37-32-35-47(68-37)69-45-34-33-44-36-46(63)62(44)50(45)53(65)66-61-52(64)49(60-67-56(41-26-14-5-15-27-41,42-28-16-6-17-29-42)43-30-18-7-19-31-43)48-51(57)70-54(58-48)59-55(38-20-8-2-9-21-38,39-22-10-3-11-23-39)40-24-12-4-13-25-40/h2-32,35,44H,33-34,36H2,1H3,(H,58,59)(H,61,64). The maximum Gasteiger partial charge on any atom is 0.380 e. The van der Waals surface area contributed by atoms with Crippen LogP contribution in [-0.2, 0) is 35.2 Å². The number of rotatable bonds is 15. The van der Waals surface area contributed by atoms with E-state index in [1.807, 2.05) is 201 Å². The number of thiazole rings is 1. The molecule has 0 bridgehead atoms. The third-order valence-corrected chi connectivity index (χ3v) is 15.8. The molecule has 348 valence electrons. The third-order valence-electron chi connectivity index (χ3n) is 12.4. The fourth-order valence-corrected chi connectivity index (χ4v) is 12.5. The van der Waals surface area contributed by atoms with Gasteiger partial charge in [0.1, 0.15) is 21.3 Å². The molecule has 2 amide bonds. The van der Waals surface area contributed by atoms with Crippen molar-refractivity contribution in [2.24, 2.45) is 5.16 Å². The number of aryl methyl sites for hydroxylation is 1. The molecule has 10 nitrogen and oxygen atoms in total. The average Bonchev–Trinajstić information content (AvgIpc) is 4.00. The zero-order valence-corrected chi connectivity index (χ0v) is 40.9. The van der Waals surface area contributed by atoms with E-state index in [0.717, 1.165) is 53.8 Å². The number of thioether (sulfide) groups is 1. The van der Waals surface area contributed by atoms with Gasteiger partial charge in [0.15, 0.2) is 10.8 Å². The Labute approximate surface area is 422 Å². The largest absolute Gasteiger partial charge is 0.380 e. The highest BCUT2D eigenvalue weighted by Gasteiger charge is 2.46. The molecular weight excluding hydrogens is 954 g/mol. The second kappa shape index (κ2) is 20.4. The minimum Gasteiger partial charge on any atom is -0.374 e. The zero-order valence-electron chi connectivity index (χ0n) is 37.7. The minimum absolute atomic E-state index is 0.0342. The van der Waals surface area contributed by atoms with E-state index in [1.54, 1.807) is 11.3 Å². The Kier molecular flexibility index (Phi) is 13.5. The van der Waals surface area contributed by atoms with Gasteiger partial charge in [0.05, 0.1) is 4.21 Å². The lowest BCUT2D eigenvalue weighted by Crippen LogP contribution is -2.55. The monoisotopic (exact) mass is 997 g/mol. The molecule has 1 unspecified atom stereocenters. The third kappa shape index (κ3) is 9.04. The van der Waals surface area contributed by atoms with Crippen molar-refractivity contribution >= 4 is 74.7 Å². The van der Waals surface area contributed by atoms with E-state index in [0.29, 0.717) is 29.3 Å². The molecule has 0 spiro atoms. The molecule has 10 rings (SSSR count). The van der Waals surface area contributed by atoms with Gasteiger partial charge in [0.25, 0.3) is 0 Å². The molecule has 2 aliphatic heterocycles. The molecular formula is C56H44ClN5O5S3. The van der Waals surface area contributed by atoms with Gasteiger partial charge >= 0.3 is 11.9 Å². The fourth-order valence-electron chi connectivity index (χ4n) is 9.09. The van der Waals surface area contributed by atoms with Gasteiger partial charge in [0.2, 0.25) is 11.5 Å². The van der Waals surface area contributed by atoms with Crippen molar-refractivity contribution < 1.29 is 24.1 Å². The molecule has 4 heterocycles. The van der Waals surface area contributed by atoms with Gasteiger partial charge in [-0.05, 0) is 48.6 Å². The first-order valence-electron chi connectivity index (χ1n) is 22.6. The number of carbonyl (C=O) groups is 3. The Hall–Kier alpha value is -7.29. The van der Waals surface area contributed by atoms with Crippen LogP contribution in [0.5, 0.6) is 0 Å². The van der Waals surface area contributed by atoms with Gasteiger partial charge in [-0.1, -0.05) is 222 Å². The molecule has 2 N–H and O–H groups in total. The lowest BCUT2D eigenvalue weighted by atomic mass is 9.77. The van der Waals surface area contributed by atoms with E-state index in [1.165, 1.54) is 16.7 Å². The summed E-state index contributed by atoms with van der Waals surface area (Å²) < 4.78 is 1.07. The van der Waals surface area contributed by atoms with Crippen molar-refractivity contribution in [1.82, 2.24) is 15.4 Å². The first-order chi connectivity index (χ1) is 34.2. The van der Waals surface area contributed by atoms with Crippen molar-refractivity contribution in [2.75, 3.05) is 5.32 Å². The first kappa shape index (κ1) is 46.4. The molecule has 14 heteroatoms. The smallest absolute Gasteiger partial charge is 0.374 e. The van der Waals surface area contributed by atoms with Crippen LogP contribution < -0.4 is 10.8 Å². The minimum atomic E-state index is -1.41. The molecule has 1 saturated heterocycles. The van der Waals surface area contributed by atoms with E-state index >= 15 is 0 Å². The van der Waals surface area contributed by atoms with E-state index in [-0.39, 0.29) is 33.4 Å². The summed E-state index contributed by atoms with van der Waals surface area (Å²) >= 11 is 11.4. The van der Waals surface area contributed by atoms with Crippen LogP contribution >= 0.6 is 46.0 Å². The Morgan fingerprint density at radius 2 is 1.19 bits per heavy atom. The molecule has 1 fully saturated rings. The van der Waals surface area contributed by atoms with E-state index < -0.39 is 23.0 Å². The molecule has 8 aromatic rings. The second-order valence-corrected chi connectivity index (χ2v) is 20.9. The van der Waals surface area contributed by atoms with Gasteiger partial charge < -0.3 is 19.9 Å². The predicted molar refractivity (Wildman–Crippen MR) is 277 cm³/mol. The number of aromatic nitrogens is 1. The maximum absolute atomic E-state index is 15.0. The van der Waals surface area contributed by atoms with Crippen LogP contribution in [0.2, 0.25) is 4.34 Å². The number of nitrogens with one attached hydrogen (secondary N) is 2. The number of allylic oxidation sites excluding steroid dienone is 1. The summed E-state index contributed by atoms with van der Waals surface area (Å²) in [4.78, 5) is 63.2. The lowest BCUT2D eigenvalue weighted by Gasteiger charge is -2.44. The topological polar surface area (TPSA) is 122 Å². The molecule has 0 radical (unpaired) electrons. The number of thiophene rings is 1. The highest BCUT2D eigenvalue weighted by Crippen LogP contribution is 2.46. The fraction of sp³-hybridized carbons (Fsp3) is 0.125. The number of β-lactam (4-membered cyclic amide) rings is 1. The number of hydroxylamine groups is 1. The number of carbonyl (C=O) groups excluding carboxylic acids is 3. The van der Waals surface area contributed by atoms with Crippen LogP contribution in [0.25, 0.3) is 0 Å². The molecule has 0 aliphatic carbocycles. The maximum atomic E-state index is 15.0. The van der Waals surface area contributed by atoms with E-state index in [9.17, 15) is 14.4 Å². The molecule has 0 saturated carbocycles. The van der Waals surface area contributed by atoms with Crippen LogP contribution in [0.15, 0.2) is 214 Å². The molecule has 2 aromatic heterocycles. The lowest BCUT2D eigenvalue weighted by molar-refractivity contribution is -0.159. The summed E-state index contributed by atoms with van der Waals surface area (Å²) in [6.07, 6.45) is 1.61. The summed E-state index contributed by atoms with van der Waals surface area (Å²) in [6, 6.07) is 62.7. The number of anilines is 1. The second-order valence-electron chi connectivity index (χ2n) is 16.6. The highest BCUT2D eigenvalue weighted by atomic mass is 35.5. The Bertz CT molecular complexity index is 3010. The summed E-state index contributed by atoms with van der Waals surface area (Å²) in [7, 11) is 0. The highest BCUT2D eigenvalue weighted by molar-refractivity contribution is 8.04. The molecule has 6 aromatic carbocycles. The van der Waals surface area contributed by atoms with Crippen LogP contribution in [0.1, 0.15) is 63.2 Å². The summed E-state index contributed by atoms with van der Waals surface area (Å²) in [5, 5.41) is 8.83. The number of oxime groups is 1. The van der Waals surface area contributed by atoms with Crippen molar-refractivity contribution in [2.45, 2.75) is 47.6 Å². The molecule has 1 atom stereocenters. The SMILES string of the molecule is Cc1ccc(SC2=C(C(=O)ONC(=O)C(=NOC(c3ccccc3)(c3ccccc3)c3ccccc3)c3nc(NC(c4ccccc4)(c4ccccc4)c4ccccc4)sc3Cl)N3C(=O)CC3CC2)s1. The number of hydrogen-bond donors (Lipinski definition) is 2. The van der Waals surface area contributed by atoms with Gasteiger partial charge in [-0.2, -0.15) is 5.48 Å². The van der Waals surface area contributed by atoms with Crippen LogP contribution in [-0.4, -0.2) is 39.4 Å². The van der Waals surface area contributed by atoms with Crippen LogP contribution in [0.3, 0.4) is 0 Å². The van der Waals surface area contributed by atoms with Crippen molar-refractivity contribution in [3.8, 4) is 0 Å². The Balaban J connectivity index is 1.09. The summed E-state index contributed by atoms with van der Waals surface area (Å²) in [6.45, 7) is 2.01. The van der Waals surface area contributed by atoms with Crippen molar-refractivity contribution in [3.63, 3.8) is 0 Å². The predicted octanol–water partition coefficient (Wildman–Crippen LogP) is 12.3. The zero-order chi connectivity index (χ0) is 48.1. The summed E-state index contributed by atoms with van der Waals surface area (Å²) in [5.41, 5.74) is 4.58. The Morgan fingerprint density at radius 1 is 0.700 bits per heavy atom. The number of amides is 2. The first-order valence-corrected chi connectivity index (χ1v) is 25.4.